The summed E-state index contributed by atoms with van der Waals surface area (Å²) in [5, 5.41) is 37.8. The minimum atomic E-state index is -1.15. The molecular weight excluding hydrogens is 166 g/mol. The molecule has 0 aliphatic carbocycles. The van der Waals surface area contributed by atoms with Crippen LogP contribution in [-0.4, -0.2) is 57.8 Å². The van der Waals surface area contributed by atoms with Crippen molar-refractivity contribution in [2.24, 2.45) is 5.16 Å². The number of oxime groups is 1. The maximum absolute atomic E-state index is 9.20. The first kappa shape index (κ1) is 9.40. The van der Waals surface area contributed by atoms with Gasteiger partial charge in [0.2, 0.25) is 0 Å². The van der Waals surface area contributed by atoms with Crippen molar-refractivity contribution in [3.05, 3.63) is 0 Å². The Bertz CT molecular complexity index is 173. The first-order chi connectivity index (χ1) is 5.70. The van der Waals surface area contributed by atoms with Crippen molar-refractivity contribution < 1.29 is 25.3 Å². The second-order valence-electron chi connectivity index (χ2n) is 2.57. The molecule has 1 fully saturated rings. The molecule has 0 radical (unpaired) electrons. The summed E-state index contributed by atoms with van der Waals surface area (Å²) >= 11 is 0. The number of aliphatic hydroxyl groups excluding tert-OH is 3. The molecule has 6 nitrogen and oxygen atoms in total. The molecule has 70 valence electrons. The first-order valence-electron chi connectivity index (χ1n) is 3.50. The zero-order valence-corrected chi connectivity index (χ0v) is 6.24. The molecule has 1 aliphatic heterocycles. The van der Waals surface area contributed by atoms with Crippen molar-refractivity contribution in [3.63, 3.8) is 0 Å². The summed E-state index contributed by atoms with van der Waals surface area (Å²) in [5.74, 6) is 0. The van der Waals surface area contributed by atoms with Gasteiger partial charge in [-0.1, -0.05) is 5.16 Å². The Kier molecular flexibility index (Phi) is 2.99. The van der Waals surface area contributed by atoms with Crippen molar-refractivity contribution in [3.8, 4) is 0 Å². The molecule has 1 saturated heterocycles. The van der Waals surface area contributed by atoms with Gasteiger partial charge in [-0.05, 0) is 0 Å². The van der Waals surface area contributed by atoms with E-state index in [-0.39, 0.29) is 6.61 Å². The lowest BCUT2D eigenvalue weighted by atomic mass is 10.1. The molecule has 4 atom stereocenters. The van der Waals surface area contributed by atoms with Crippen molar-refractivity contribution in [2.45, 2.75) is 24.4 Å². The van der Waals surface area contributed by atoms with E-state index in [1.807, 2.05) is 0 Å². The van der Waals surface area contributed by atoms with Crippen LogP contribution in [-0.2, 0) is 4.74 Å². The summed E-state index contributed by atoms with van der Waals surface area (Å²) in [4.78, 5) is 0. The third-order valence-corrected chi connectivity index (χ3v) is 1.79. The Labute approximate surface area is 68.7 Å². The number of rotatable bonds is 2. The van der Waals surface area contributed by atoms with E-state index in [1.165, 1.54) is 0 Å². The summed E-state index contributed by atoms with van der Waals surface area (Å²) in [6.45, 7) is -0.381. The van der Waals surface area contributed by atoms with Crippen LogP contribution in [0.5, 0.6) is 0 Å². The van der Waals surface area contributed by atoms with Crippen LogP contribution in [0.2, 0.25) is 0 Å². The van der Waals surface area contributed by atoms with Crippen molar-refractivity contribution in [2.75, 3.05) is 6.61 Å². The minimum Gasteiger partial charge on any atom is -0.411 e. The van der Waals surface area contributed by atoms with Crippen LogP contribution in [0.25, 0.3) is 0 Å². The number of ether oxygens (including phenoxy) is 1. The van der Waals surface area contributed by atoms with Gasteiger partial charge in [0.25, 0.3) is 0 Å². The van der Waals surface area contributed by atoms with E-state index in [9.17, 15) is 10.2 Å². The highest BCUT2D eigenvalue weighted by Crippen LogP contribution is 2.19. The maximum Gasteiger partial charge on any atom is 0.125 e. The monoisotopic (exact) mass is 177 g/mol. The van der Waals surface area contributed by atoms with Crippen molar-refractivity contribution in [1.82, 2.24) is 0 Å². The van der Waals surface area contributed by atoms with Gasteiger partial charge in [-0.2, -0.15) is 0 Å². The van der Waals surface area contributed by atoms with E-state index < -0.39 is 24.4 Å². The molecule has 1 aliphatic rings. The molecule has 0 aromatic heterocycles. The van der Waals surface area contributed by atoms with Crippen LogP contribution in [0.3, 0.4) is 0 Å². The zero-order chi connectivity index (χ0) is 9.14. The van der Waals surface area contributed by atoms with Gasteiger partial charge in [0.15, 0.2) is 0 Å². The van der Waals surface area contributed by atoms with Gasteiger partial charge in [0.05, 0.1) is 12.8 Å². The van der Waals surface area contributed by atoms with E-state index in [0.29, 0.717) is 0 Å². The Hall–Kier alpha value is -0.690. The molecule has 0 amide bonds. The first-order valence-corrected chi connectivity index (χ1v) is 3.50. The molecule has 0 bridgehead atoms. The van der Waals surface area contributed by atoms with Crippen LogP contribution in [0.1, 0.15) is 0 Å². The predicted molar refractivity (Wildman–Crippen MR) is 38.0 cm³/mol. The van der Waals surface area contributed by atoms with Crippen LogP contribution in [0.4, 0.5) is 0 Å². The molecular formula is C6H11NO5. The smallest absolute Gasteiger partial charge is 0.125 e. The lowest BCUT2D eigenvalue weighted by Crippen LogP contribution is -2.34. The fraction of sp³-hybridized carbons (Fsp3) is 0.833. The topological polar surface area (TPSA) is 103 Å². The number of hydrogen-bond donors (Lipinski definition) is 4. The number of hydrogen-bond acceptors (Lipinski definition) is 6. The van der Waals surface area contributed by atoms with E-state index in [4.69, 9.17) is 15.1 Å². The zero-order valence-electron chi connectivity index (χ0n) is 6.24. The SMILES string of the molecule is OC[C@H]1O[C@@H](/C=N\O)[C@@H](O)[C@@H]1O. The van der Waals surface area contributed by atoms with Gasteiger partial charge in [-0.3, -0.25) is 0 Å². The van der Waals surface area contributed by atoms with Crippen LogP contribution < -0.4 is 0 Å². The summed E-state index contributed by atoms with van der Waals surface area (Å²) in [6.07, 6.45) is -3.01. The normalized spacial score (nSPS) is 42.6. The van der Waals surface area contributed by atoms with Crippen molar-refractivity contribution in [1.29, 1.82) is 0 Å². The van der Waals surface area contributed by atoms with Gasteiger partial charge in [0.1, 0.15) is 24.4 Å². The molecule has 0 spiro atoms. The van der Waals surface area contributed by atoms with E-state index >= 15 is 0 Å². The molecule has 0 unspecified atom stereocenters. The number of nitrogens with zero attached hydrogens (tertiary/aromatic N) is 1. The Morgan fingerprint density at radius 1 is 1.33 bits per heavy atom. The highest BCUT2D eigenvalue weighted by Gasteiger charge is 2.41. The van der Waals surface area contributed by atoms with Crippen LogP contribution in [0.15, 0.2) is 5.16 Å². The van der Waals surface area contributed by atoms with E-state index in [2.05, 4.69) is 5.16 Å². The average molecular weight is 177 g/mol. The molecule has 1 rings (SSSR count). The fourth-order valence-electron chi connectivity index (χ4n) is 1.12. The second-order valence-corrected chi connectivity index (χ2v) is 2.57. The molecule has 0 aromatic rings. The molecule has 6 heteroatoms. The molecule has 0 aromatic carbocycles. The van der Waals surface area contributed by atoms with Crippen molar-refractivity contribution >= 4 is 6.21 Å². The molecule has 12 heavy (non-hydrogen) atoms. The maximum atomic E-state index is 9.20. The van der Waals surface area contributed by atoms with Gasteiger partial charge < -0.3 is 25.3 Å². The number of aliphatic hydroxyl groups is 3. The van der Waals surface area contributed by atoms with Gasteiger partial charge in [-0.15, -0.1) is 0 Å². The summed E-state index contributed by atoms with van der Waals surface area (Å²) in [5.41, 5.74) is 0. The third kappa shape index (κ3) is 1.56. The largest absolute Gasteiger partial charge is 0.411 e. The highest BCUT2D eigenvalue weighted by atomic mass is 16.6. The molecule has 1 heterocycles. The third-order valence-electron chi connectivity index (χ3n) is 1.79. The summed E-state index contributed by atoms with van der Waals surface area (Å²) in [6, 6.07) is 0. The molecule has 0 saturated carbocycles. The van der Waals surface area contributed by atoms with Gasteiger partial charge in [-0.25, -0.2) is 0 Å². The van der Waals surface area contributed by atoms with E-state index in [0.717, 1.165) is 6.21 Å². The summed E-state index contributed by atoms with van der Waals surface area (Å²) in [7, 11) is 0. The van der Waals surface area contributed by atoms with Gasteiger partial charge in [0, 0.05) is 0 Å². The van der Waals surface area contributed by atoms with E-state index in [1.54, 1.807) is 0 Å². The second kappa shape index (κ2) is 3.81. The Morgan fingerprint density at radius 3 is 2.42 bits per heavy atom. The Morgan fingerprint density at radius 2 is 2.00 bits per heavy atom. The minimum absolute atomic E-state index is 0.381. The quantitative estimate of drug-likeness (QED) is 0.220. The van der Waals surface area contributed by atoms with Crippen LogP contribution in [0, 0.1) is 0 Å². The van der Waals surface area contributed by atoms with Gasteiger partial charge >= 0.3 is 0 Å². The average Bonchev–Trinajstić information content (AvgIpc) is 2.33. The fourth-order valence-corrected chi connectivity index (χ4v) is 1.12. The highest BCUT2D eigenvalue weighted by molar-refractivity contribution is 5.64. The Balaban J connectivity index is 2.60. The molecule has 4 N–H and O–H groups in total. The summed E-state index contributed by atoms with van der Waals surface area (Å²) < 4.78 is 4.92. The lowest BCUT2D eigenvalue weighted by molar-refractivity contribution is -0.00975. The predicted octanol–water partition coefficient (Wildman–Crippen LogP) is -2.07. The van der Waals surface area contributed by atoms with Crippen LogP contribution >= 0.6 is 0 Å². The lowest BCUT2D eigenvalue weighted by Gasteiger charge is -2.10. The standard InChI is InChI=1S/C6H11NO5/c8-2-4-6(10)5(9)3(12-4)1-7-11/h1,3-6,8-11H,2H2/b7-1-/t3-,4+,5+,6+/m0/s1.